The van der Waals surface area contributed by atoms with Crippen molar-refractivity contribution in [2.45, 2.75) is 25.4 Å². The molecule has 3 aromatic rings. The number of carbonyl (C=O) groups excluding carboxylic acids is 2. The Morgan fingerprint density at radius 1 is 0.875 bits per heavy atom. The number of H-pyrrole nitrogens is 1. The lowest BCUT2D eigenvalue weighted by Gasteiger charge is -2.30. The summed E-state index contributed by atoms with van der Waals surface area (Å²) in [5.74, 6) is -1.58. The average Bonchev–Trinajstić information content (AvgIpc) is 3.21. The quantitative estimate of drug-likeness (QED) is 0.506. The van der Waals surface area contributed by atoms with Crippen LogP contribution in [0.3, 0.4) is 0 Å². The average molecular weight is 430 g/mol. The highest BCUT2D eigenvalue weighted by Crippen LogP contribution is 2.45. The van der Waals surface area contributed by atoms with Gasteiger partial charge in [-0.3, -0.25) is 14.5 Å². The predicted octanol–water partition coefficient (Wildman–Crippen LogP) is 2.08. The SMILES string of the molecule is C=C1C[C@@H]2C(=O)N(c3ccccc3)C(=O)[C@H]2C[C@@H]1n1[nH]c(=O)n(Cc2ccccc2)c1=O. The Bertz CT molecular complexity index is 1320. The molecule has 1 aromatic heterocycles. The van der Waals surface area contributed by atoms with E-state index in [2.05, 4.69) is 11.7 Å². The standard InChI is InChI=1S/C24H22N4O4/c1-15-12-18-19(22(30)27(21(18)29)17-10-6-3-7-11-17)13-20(15)28-24(32)26(23(31)25-28)14-16-8-4-2-5-9-16/h2-11,18-20H,1,12-14H2,(H,25,31)/t18-,19-,20-/m0/s1. The van der Waals surface area contributed by atoms with Crippen molar-refractivity contribution in [3.8, 4) is 0 Å². The zero-order valence-electron chi connectivity index (χ0n) is 17.3. The van der Waals surface area contributed by atoms with Gasteiger partial charge in [0.15, 0.2) is 0 Å². The van der Waals surface area contributed by atoms with Gasteiger partial charge in [-0.05, 0) is 30.5 Å². The number of fused-ring (bicyclic) bond motifs is 1. The minimum atomic E-state index is -0.564. The monoisotopic (exact) mass is 430 g/mol. The first-order valence-corrected chi connectivity index (χ1v) is 10.5. The topological polar surface area (TPSA) is 97.2 Å². The van der Waals surface area contributed by atoms with Gasteiger partial charge in [-0.15, -0.1) is 0 Å². The molecule has 1 aliphatic carbocycles. The fraction of sp³-hybridized carbons (Fsp3) is 0.250. The summed E-state index contributed by atoms with van der Waals surface area (Å²) in [6.45, 7) is 4.23. The van der Waals surface area contributed by atoms with Crippen molar-refractivity contribution < 1.29 is 9.59 Å². The smallest absolute Gasteiger partial charge is 0.274 e. The molecule has 2 fully saturated rings. The molecule has 32 heavy (non-hydrogen) atoms. The van der Waals surface area contributed by atoms with E-state index < -0.39 is 29.3 Å². The molecule has 0 radical (unpaired) electrons. The molecule has 0 spiro atoms. The van der Waals surface area contributed by atoms with Gasteiger partial charge in [-0.1, -0.05) is 60.7 Å². The van der Waals surface area contributed by atoms with Crippen molar-refractivity contribution in [1.29, 1.82) is 0 Å². The van der Waals surface area contributed by atoms with Crippen LogP contribution in [0.1, 0.15) is 24.4 Å². The van der Waals surface area contributed by atoms with E-state index in [0.717, 1.165) is 10.1 Å². The van der Waals surface area contributed by atoms with Gasteiger partial charge in [0, 0.05) is 0 Å². The maximum absolute atomic E-state index is 13.1. The molecule has 8 heteroatoms. The van der Waals surface area contributed by atoms with Gasteiger partial charge in [0.25, 0.3) is 0 Å². The van der Waals surface area contributed by atoms with Gasteiger partial charge in [0.2, 0.25) is 11.8 Å². The molecule has 2 aromatic carbocycles. The van der Waals surface area contributed by atoms with E-state index in [0.29, 0.717) is 17.7 Å². The number of carbonyl (C=O) groups is 2. The number of hydrogen-bond acceptors (Lipinski definition) is 4. The Morgan fingerprint density at radius 2 is 1.50 bits per heavy atom. The number of hydrogen-bond donors (Lipinski definition) is 1. The zero-order chi connectivity index (χ0) is 22.4. The van der Waals surface area contributed by atoms with Crippen molar-refractivity contribution in [3.63, 3.8) is 0 Å². The number of aromatic nitrogens is 3. The summed E-state index contributed by atoms with van der Waals surface area (Å²) >= 11 is 0. The van der Waals surface area contributed by atoms with Crippen LogP contribution in [-0.2, 0) is 16.1 Å². The third kappa shape index (κ3) is 3.15. The second-order valence-electron chi connectivity index (χ2n) is 8.32. The number of anilines is 1. The summed E-state index contributed by atoms with van der Waals surface area (Å²) in [7, 11) is 0. The summed E-state index contributed by atoms with van der Waals surface area (Å²) < 4.78 is 2.39. The zero-order valence-corrected chi connectivity index (χ0v) is 17.3. The minimum Gasteiger partial charge on any atom is -0.274 e. The van der Waals surface area contributed by atoms with Crippen LogP contribution >= 0.6 is 0 Å². The molecule has 162 valence electrons. The Balaban J connectivity index is 1.45. The first kappa shape index (κ1) is 20.0. The summed E-state index contributed by atoms with van der Waals surface area (Å²) in [6, 6.07) is 17.5. The maximum atomic E-state index is 13.1. The highest BCUT2D eigenvalue weighted by Gasteiger charge is 2.52. The Hall–Kier alpha value is -3.94. The van der Waals surface area contributed by atoms with Crippen molar-refractivity contribution >= 4 is 17.5 Å². The van der Waals surface area contributed by atoms with Gasteiger partial charge in [-0.2, -0.15) is 0 Å². The Labute approximate surface area is 183 Å². The largest absolute Gasteiger partial charge is 0.347 e. The van der Waals surface area contributed by atoms with E-state index in [4.69, 9.17) is 0 Å². The van der Waals surface area contributed by atoms with Crippen LogP contribution in [0.25, 0.3) is 0 Å². The maximum Gasteiger partial charge on any atom is 0.347 e. The van der Waals surface area contributed by atoms with Crippen LogP contribution in [0.4, 0.5) is 5.69 Å². The van der Waals surface area contributed by atoms with Crippen molar-refractivity contribution in [2.24, 2.45) is 11.8 Å². The lowest BCUT2D eigenvalue weighted by atomic mass is 9.76. The van der Waals surface area contributed by atoms with Gasteiger partial charge < -0.3 is 0 Å². The molecule has 2 aliphatic rings. The molecule has 2 heterocycles. The molecule has 1 saturated carbocycles. The van der Waals surface area contributed by atoms with Gasteiger partial charge in [0.1, 0.15) is 0 Å². The van der Waals surface area contributed by atoms with Crippen LogP contribution < -0.4 is 16.3 Å². The molecule has 1 N–H and O–H groups in total. The number of allylic oxidation sites excluding steroid dienone is 1. The normalized spacial score (nSPS) is 22.9. The molecule has 2 amide bonds. The van der Waals surface area contributed by atoms with Crippen LogP contribution in [0.15, 0.2) is 82.4 Å². The number of benzene rings is 2. The number of nitrogens with zero attached hydrogens (tertiary/aromatic N) is 3. The minimum absolute atomic E-state index is 0.145. The van der Waals surface area contributed by atoms with Crippen molar-refractivity contribution in [1.82, 2.24) is 14.3 Å². The van der Waals surface area contributed by atoms with E-state index in [1.807, 2.05) is 36.4 Å². The van der Waals surface area contributed by atoms with E-state index in [1.165, 1.54) is 9.58 Å². The van der Waals surface area contributed by atoms with Crippen molar-refractivity contribution in [3.05, 3.63) is 99.3 Å². The number of nitrogens with one attached hydrogen (secondary N) is 1. The molecular formula is C24H22N4O4. The summed E-state index contributed by atoms with van der Waals surface area (Å²) in [5.41, 5.74) is 1.01. The second kappa shape index (κ2) is 7.64. The molecule has 0 unspecified atom stereocenters. The summed E-state index contributed by atoms with van der Waals surface area (Å²) in [6.07, 6.45) is 0.532. The molecule has 1 saturated heterocycles. The third-order valence-electron chi connectivity index (χ3n) is 6.40. The molecule has 1 aliphatic heterocycles. The van der Waals surface area contributed by atoms with Gasteiger partial charge >= 0.3 is 11.4 Å². The Morgan fingerprint density at radius 3 is 2.19 bits per heavy atom. The fourth-order valence-corrected chi connectivity index (χ4v) is 4.77. The van der Waals surface area contributed by atoms with E-state index >= 15 is 0 Å². The Kier molecular flexibility index (Phi) is 4.77. The summed E-state index contributed by atoms with van der Waals surface area (Å²) in [5, 5.41) is 2.62. The second-order valence-corrected chi connectivity index (χ2v) is 8.32. The number of para-hydroxylation sites is 1. The summed E-state index contributed by atoms with van der Waals surface area (Å²) in [4.78, 5) is 53.0. The third-order valence-corrected chi connectivity index (χ3v) is 6.40. The molecule has 5 rings (SSSR count). The lowest BCUT2D eigenvalue weighted by molar-refractivity contribution is -0.122. The first-order chi connectivity index (χ1) is 15.5. The van der Waals surface area contributed by atoms with Crippen LogP contribution in [-0.4, -0.2) is 26.2 Å². The number of amides is 2. The number of imide groups is 1. The fourth-order valence-electron chi connectivity index (χ4n) is 4.77. The number of aromatic amines is 1. The molecule has 3 atom stereocenters. The van der Waals surface area contributed by atoms with Crippen molar-refractivity contribution in [2.75, 3.05) is 4.90 Å². The van der Waals surface area contributed by atoms with Gasteiger partial charge in [-0.25, -0.2) is 23.9 Å². The number of rotatable bonds is 4. The highest BCUT2D eigenvalue weighted by molar-refractivity contribution is 6.22. The van der Waals surface area contributed by atoms with Gasteiger partial charge in [0.05, 0.1) is 30.1 Å². The molecule has 8 nitrogen and oxygen atoms in total. The lowest BCUT2D eigenvalue weighted by Crippen LogP contribution is -2.36. The van der Waals surface area contributed by atoms with E-state index in [1.54, 1.807) is 24.3 Å². The molecular weight excluding hydrogens is 408 g/mol. The highest BCUT2D eigenvalue weighted by atomic mass is 16.2. The predicted molar refractivity (Wildman–Crippen MR) is 118 cm³/mol. The van der Waals surface area contributed by atoms with Crippen LogP contribution in [0.2, 0.25) is 0 Å². The first-order valence-electron chi connectivity index (χ1n) is 10.5. The van der Waals surface area contributed by atoms with E-state index in [9.17, 15) is 19.2 Å². The van der Waals surface area contributed by atoms with Crippen LogP contribution in [0, 0.1) is 11.8 Å². The molecule has 0 bridgehead atoms. The van der Waals surface area contributed by atoms with E-state index in [-0.39, 0.29) is 24.8 Å². The van der Waals surface area contributed by atoms with Crippen LogP contribution in [0.5, 0.6) is 0 Å².